The minimum Gasteiger partial charge on any atom is -0.481 e. The zero-order valence-electron chi connectivity index (χ0n) is 15.6. The minimum absolute atomic E-state index is 0.0573. The molecule has 0 amide bonds. The number of aliphatic carboxylic acids is 1. The average Bonchev–Trinajstić information content (AvgIpc) is 2.84. The summed E-state index contributed by atoms with van der Waals surface area (Å²) in [5.74, 6) is -0.431. The molecule has 0 radical (unpaired) electrons. The number of carboxylic acid groups (broad SMARTS) is 1. The van der Waals surface area contributed by atoms with Crippen molar-refractivity contribution in [1.29, 1.82) is 0 Å². The van der Waals surface area contributed by atoms with Gasteiger partial charge in [-0.25, -0.2) is 4.98 Å². The molecule has 0 spiro atoms. The van der Waals surface area contributed by atoms with Gasteiger partial charge in [-0.15, -0.1) is 11.3 Å². The number of aryl methyl sites for hydroxylation is 3. The second-order valence-corrected chi connectivity index (χ2v) is 8.55. The first-order valence-corrected chi connectivity index (χ1v) is 9.24. The van der Waals surface area contributed by atoms with Gasteiger partial charge in [-0.3, -0.25) is 14.2 Å². The SMILES string of the molecule is Cc1cccc(-c2nc3sc(C)c(C)c3c(=O)n2CC(C)(C)C(=O)O)c1. The molecule has 0 unspecified atom stereocenters. The van der Waals surface area contributed by atoms with E-state index in [1.165, 1.54) is 15.9 Å². The molecule has 3 aromatic rings. The van der Waals surface area contributed by atoms with Gasteiger partial charge in [0.1, 0.15) is 10.7 Å². The first kappa shape index (κ1) is 18.3. The van der Waals surface area contributed by atoms with E-state index in [1.54, 1.807) is 13.8 Å². The number of nitrogens with zero attached hydrogens (tertiary/aromatic N) is 2. The number of thiophene rings is 1. The molecule has 0 saturated carbocycles. The average molecular weight is 370 g/mol. The lowest BCUT2D eigenvalue weighted by Crippen LogP contribution is -2.35. The van der Waals surface area contributed by atoms with Gasteiger partial charge in [0.05, 0.1) is 10.8 Å². The molecule has 5 nitrogen and oxygen atoms in total. The van der Waals surface area contributed by atoms with Crippen LogP contribution in [-0.4, -0.2) is 20.6 Å². The maximum Gasteiger partial charge on any atom is 0.310 e. The van der Waals surface area contributed by atoms with Gasteiger partial charge < -0.3 is 5.11 Å². The van der Waals surface area contributed by atoms with E-state index in [9.17, 15) is 14.7 Å². The van der Waals surface area contributed by atoms with Gasteiger partial charge in [0.15, 0.2) is 0 Å². The van der Waals surface area contributed by atoms with Crippen LogP contribution in [0.1, 0.15) is 29.9 Å². The summed E-state index contributed by atoms with van der Waals surface area (Å²) in [5.41, 5.74) is 1.52. The zero-order valence-corrected chi connectivity index (χ0v) is 16.4. The van der Waals surface area contributed by atoms with Crippen LogP contribution in [0.4, 0.5) is 0 Å². The molecule has 6 heteroatoms. The minimum atomic E-state index is -1.09. The normalized spacial score (nSPS) is 11.9. The van der Waals surface area contributed by atoms with Crippen LogP contribution in [0.2, 0.25) is 0 Å². The fraction of sp³-hybridized carbons (Fsp3) is 0.350. The fourth-order valence-corrected chi connectivity index (χ4v) is 3.96. The monoisotopic (exact) mass is 370 g/mol. The number of aromatic nitrogens is 2. The highest BCUT2D eigenvalue weighted by molar-refractivity contribution is 7.18. The topological polar surface area (TPSA) is 72.2 Å². The predicted octanol–water partition coefficient (Wildman–Crippen LogP) is 4.16. The van der Waals surface area contributed by atoms with E-state index in [0.29, 0.717) is 16.0 Å². The van der Waals surface area contributed by atoms with Gasteiger partial charge in [-0.05, 0) is 46.2 Å². The van der Waals surface area contributed by atoms with Crippen LogP contribution >= 0.6 is 11.3 Å². The highest BCUT2D eigenvalue weighted by atomic mass is 32.1. The lowest BCUT2D eigenvalue weighted by Gasteiger charge is -2.22. The van der Waals surface area contributed by atoms with E-state index >= 15 is 0 Å². The maximum absolute atomic E-state index is 13.3. The Morgan fingerprint density at radius 1 is 1.27 bits per heavy atom. The van der Waals surface area contributed by atoms with E-state index in [1.807, 2.05) is 45.0 Å². The molecule has 26 heavy (non-hydrogen) atoms. The number of fused-ring (bicyclic) bond motifs is 1. The van der Waals surface area contributed by atoms with E-state index in [4.69, 9.17) is 4.98 Å². The molecule has 0 fully saturated rings. The predicted molar refractivity (Wildman–Crippen MR) is 105 cm³/mol. The Hall–Kier alpha value is -2.47. The van der Waals surface area contributed by atoms with Gasteiger partial charge >= 0.3 is 5.97 Å². The van der Waals surface area contributed by atoms with Gasteiger partial charge in [-0.1, -0.05) is 23.8 Å². The van der Waals surface area contributed by atoms with Gasteiger partial charge in [-0.2, -0.15) is 0 Å². The molecular weight excluding hydrogens is 348 g/mol. The number of rotatable bonds is 4. The lowest BCUT2D eigenvalue weighted by molar-refractivity contribution is -0.147. The molecule has 3 rings (SSSR count). The summed E-state index contributed by atoms with van der Waals surface area (Å²) in [4.78, 5) is 31.4. The van der Waals surface area contributed by atoms with Crippen LogP contribution in [0, 0.1) is 26.2 Å². The van der Waals surface area contributed by atoms with Crippen LogP contribution in [0.25, 0.3) is 21.6 Å². The summed E-state index contributed by atoms with van der Waals surface area (Å²) in [7, 11) is 0. The Bertz CT molecular complexity index is 1080. The van der Waals surface area contributed by atoms with Crippen molar-refractivity contribution in [3.8, 4) is 11.4 Å². The highest BCUT2D eigenvalue weighted by Crippen LogP contribution is 2.30. The summed E-state index contributed by atoms with van der Waals surface area (Å²) in [6.45, 7) is 9.16. The molecule has 2 heterocycles. The first-order chi connectivity index (χ1) is 12.1. The number of carbonyl (C=O) groups is 1. The largest absolute Gasteiger partial charge is 0.481 e. The number of carboxylic acids is 1. The first-order valence-electron chi connectivity index (χ1n) is 8.43. The van der Waals surface area contributed by atoms with Gasteiger partial charge in [0.2, 0.25) is 0 Å². The Balaban J connectivity index is 2.36. The highest BCUT2D eigenvalue weighted by Gasteiger charge is 2.30. The van der Waals surface area contributed by atoms with Crippen molar-refractivity contribution in [1.82, 2.24) is 9.55 Å². The van der Waals surface area contributed by atoms with Crippen molar-refractivity contribution in [2.24, 2.45) is 5.41 Å². The maximum atomic E-state index is 13.3. The van der Waals surface area contributed by atoms with Crippen molar-refractivity contribution in [2.75, 3.05) is 0 Å². The molecule has 0 aliphatic heterocycles. The standard InChI is InChI=1S/C20H22N2O3S/c1-11-7-6-8-14(9-11)16-21-17-15(12(2)13(3)26-17)18(23)22(16)10-20(4,5)19(24)25/h6-9H,10H2,1-5H3,(H,24,25). The fourth-order valence-electron chi connectivity index (χ4n) is 2.94. The molecule has 1 aromatic carbocycles. The third-order valence-electron chi connectivity index (χ3n) is 4.70. The molecule has 0 atom stereocenters. The van der Waals surface area contributed by atoms with E-state index in [2.05, 4.69) is 0 Å². The molecule has 2 aromatic heterocycles. The third-order valence-corrected chi connectivity index (χ3v) is 5.80. The van der Waals surface area contributed by atoms with Crippen LogP contribution in [-0.2, 0) is 11.3 Å². The summed E-state index contributed by atoms with van der Waals surface area (Å²) in [5, 5.41) is 10.1. The Kier molecular flexibility index (Phi) is 4.48. The smallest absolute Gasteiger partial charge is 0.310 e. The summed E-state index contributed by atoms with van der Waals surface area (Å²) < 4.78 is 1.52. The number of hydrogen-bond acceptors (Lipinski definition) is 4. The summed E-state index contributed by atoms with van der Waals surface area (Å²) >= 11 is 1.50. The Morgan fingerprint density at radius 2 is 1.96 bits per heavy atom. The van der Waals surface area contributed by atoms with Crippen molar-refractivity contribution in [2.45, 2.75) is 41.2 Å². The molecule has 136 valence electrons. The molecular formula is C20H22N2O3S. The number of hydrogen-bond donors (Lipinski definition) is 1. The van der Waals surface area contributed by atoms with E-state index < -0.39 is 11.4 Å². The van der Waals surface area contributed by atoms with Crippen molar-refractivity contribution >= 4 is 27.5 Å². The second-order valence-electron chi connectivity index (χ2n) is 7.35. The van der Waals surface area contributed by atoms with Crippen molar-refractivity contribution < 1.29 is 9.90 Å². The van der Waals surface area contributed by atoms with Crippen LogP contribution in [0.5, 0.6) is 0 Å². The molecule has 1 N–H and O–H groups in total. The third kappa shape index (κ3) is 3.05. The van der Waals surface area contributed by atoms with E-state index in [-0.39, 0.29) is 12.1 Å². The lowest BCUT2D eigenvalue weighted by atomic mass is 9.93. The molecule has 0 saturated heterocycles. The van der Waals surface area contributed by atoms with Crippen LogP contribution in [0.3, 0.4) is 0 Å². The quantitative estimate of drug-likeness (QED) is 0.748. The summed E-state index contributed by atoms with van der Waals surface area (Å²) in [6, 6.07) is 7.76. The van der Waals surface area contributed by atoms with Gasteiger partial charge in [0.25, 0.3) is 5.56 Å². The second kappa shape index (κ2) is 6.36. The van der Waals surface area contributed by atoms with Crippen molar-refractivity contribution in [3.05, 3.63) is 50.6 Å². The van der Waals surface area contributed by atoms with Crippen molar-refractivity contribution in [3.63, 3.8) is 0 Å². The van der Waals surface area contributed by atoms with Gasteiger partial charge in [0, 0.05) is 17.0 Å². The summed E-state index contributed by atoms with van der Waals surface area (Å²) in [6.07, 6.45) is 0. The van der Waals surface area contributed by atoms with Crippen LogP contribution < -0.4 is 5.56 Å². The molecule has 0 aliphatic carbocycles. The van der Waals surface area contributed by atoms with E-state index in [0.717, 1.165) is 21.6 Å². The molecule has 0 bridgehead atoms. The molecule has 0 aliphatic rings. The zero-order chi connectivity index (χ0) is 19.2. The Labute approximate surface area is 155 Å². The Morgan fingerprint density at radius 3 is 2.58 bits per heavy atom. The van der Waals surface area contributed by atoms with Crippen LogP contribution in [0.15, 0.2) is 29.1 Å². The number of benzene rings is 1.